The van der Waals surface area contributed by atoms with Crippen LogP contribution in [0.1, 0.15) is 42.6 Å². The molecule has 7 heteroatoms. The molecule has 0 spiro atoms. The lowest BCUT2D eigenvalue weighted by atomic mass is 9.96. The topological polar surface area (TPSA) is 69.4 Å². The molecule has 2 aromatic carbocycles. The largest absolute Gasteiger partial charge is 0.484 e. The van der Waals surface area contributed by atoms with Crippen LogP contribution in [0.4, 0.5) is 0 Å². The normalized spacial score (nSPS) is 14.5. The van der Waals surface area contributed by atoms with Gasteiger partial charge in [0.2, 0.25) is 0 Å². The summed E-state index contributed by atoms with van der Waals surface area (Å²) in [6.45, 7) is 6.37. The quantitative estimate of drug-likeness (QED) is 0.573. The Labute approximate surface area is 188 Å². The van der Waals surface area contributed by atoms with Crippen LogP contribution in [0.15, 0.2) is 59.4 Å². The summed E-state index contributed by atoms with van der Waals surface area (Å²) in [5.41, 5.74) is 2.13. The van der Waals surface area contributed by atoms with Gasteiger partial charge < -0.3 is 9.64 Å². The van der Waals surface area contributed by atoms with Crippen molar-refractivity contribution in [3.05, 3.63) is 82.0 Å². The third kappa shape index (κ3) is 4.93. The molecule has 1 aromatic heterocycles. The molecular weight excluding hydrogens is 404 g/mol. The summed E-state index contributed by atoms with van der Waals surface area (Å²) in [7, 11) is 0. The second-order valence-corrected chi connectivity index (χ2v) is 8.29. The standard InChI is InChI=1S/C25H30N4O3/c1-3-28-24(26-29(25(28)31)17-20-7-5-4-6-8-20)21-13-15-27(16-14-21)23(30)18-32-22-11-9-19(2)10-12-22/h4-12,21H,3,13-18H2,1-2H3. The first kappa shape index (κ1) is 21.9. The third-order valence-electron chi connectivity index (χ3n) is 6.04. The van der Waals surface area contributed by atoms with Gasteiger partial charge in [0.15, 0.2) is 6.61 Å². The lowest BCUT2D eigenvalue weighted by Crippen LogP contribution is -2.41. The maximum Gasteiger partial charge on any atom is 0.346 e. The number of benzene rings is 2. The summed E-state index contributed by atoms with van der Waals surface area (Å²) >= 11 is 0. The fourth-order valence-corrected chi connectivity index (χ4v) is 4.17. The van der Waals surface area contributed by atoms with E-state index in [2.05, 4.69) is 0 Å². The van der Waals surface area contributed by atoms with Crippen LogP contribution in [0.2, 0.25) is 0 Å². The van der Waals surface area contributed by atoms with Crippen molar-refractivity contribution in [1.82, 2.24) is 19.2 Å². The molecule has 7 nitrogen and oxygen atoms in total. The molecule has 4 rings (SSSR count). The predicted octanol–water partition coefficient (Wildman–Crippen LogP) is 3.21. The highest BCUT2D eigenvalue weighted by atomic mass is 16.5. The van der Waals surface area contributed by atoms with Crippen molar-refractivity contribution in [2.75, 3.05) is 19.7 Å². The van der Waals surface area contributed by atoms with Crippen molar-refractivity contribution in [3.8, 4) is 5.75 Å². The van der Waals surface area contributed by atoms with Gasteiger partial charge in [-0.2, -0.15) is 5.10 Å². The molecule has 1 aliphatic rings. The number of piperidine rings is 1. The van der Waals surface area contributed by atoms with E-state index in [0.29, 0.717) is 31.9 Å². The first-order valence-electron chi connectivity index (χ1n) is 11.2. The molecule has 0 bridgehead atoms. The van der Waals surface area contributed by atoms with E-state index in [1.807, 2.05) is 73.3 Å². The minimum Gasteiger partial charge on any atom is -0.484 e. The first-order valence-corrected chi connectivity index (χ1v) is 11.2. The van der Waals surface area contributed by atoms with E-state index in [9.17, 15) is 9.59 Å². The van der Waals surface area contributed by atoms with Crippen LogP contribution in [-0.2, 0) is 17.9 Å². The highest BCUT2D eigenvalue weighted by Gasteiger charge is 2.28. The maximum absolute atomic E-state index is 12.9. The van der Waals surface area contributed by atoms with E-state index in [1.165, 1.54) is 0 Å². The van der Waals surface area contributed by atoms with Gasteiger partial charge in [0.05, 0.1) is 6.54 Å². The molecule has 0 N–H and O–H groups in total. The van der Waals surface area contributed by atoms with Gasteiger partial charge in [0, 0.05) is 25.6 Å². The number of rotatable bonds is 7. The predicted molar refractivity (Wildman–Crippen MR) is 123 cm³/mol. The van der Waals surface area contributed by atoms with Crippen LogP contribution >= 0.6 is 0 Å². The molecule has 32 heavy (non-hydrogen) atoms. The van der Waals surface area contributed by atoms with Crippen molar-refractivity contribution >= 4 is 5.91 Å². The highest BCUT2D eigenvalue weighted by molar-refractivity contribution is 5.77. The van der Waals surface area contributed by atoms with E-state index in [0.717, 1.165) is 29.8 Å². The average Bonchev–Trinajstić information content (AvgIpc) is 3.14. The fourth-order valence-electron chi connectivity index (χ4n) is 4.17. The van der Waals surface area contributed by atoms with Crippen molar-refractivity contribution in [3.63, 3.8) is 0 Å². The Morgan fingerprint density at radius 2 is 1.75 bits per heavy atom. The molecule has 0 radical (unpaired) electrons. The van der Waals surface area contributed by atoms with Crippen molar-refractivity contribution in [2.45, 2.75) is 45.7 Å². The van der Waals surface area contributed by atoms with Gasteiger partial charge in [-0.1, -0.05) is 48.0 Å². The summed E-state index contributed by atoms with van der Waals surface area (Å²) in [5, 5.41) is 4.69. The Morgan fingerprint density at radius 3 is 2.41 bits per heavy atom. The Kier molecular flexibility index (Phi) is 6.73. The lowest BCUT2D eigenvalue weighted by molar-refractivity contribution is -0.134. The molecule has 1 saturated heterocycles. The second-order valence-electron chi connectivity index (χ2n) is 8.29. The van der Waals surface area contributed by atoms with Gasteiger partial charge in [-0.3, -0.25) is 9.36 Å². The van der Waals surface area contributed by atoms with Crippen molar-refractivity contribution in [1.29, 1.82) is 0 Å². The molecule has 2 heterocycles. The van der Waals surface area contributed by atoms with E-state index in [4.69, 9.17) is 9.84 Å². The van der Waals surface area contributed by atoms with Gasteiger partial charge in [-0.15, -0.1) is 0 Å². The Morgan fingerprint density at radius 1 is 1.06 bits per heavy atom. The van der Waals surface area contributed by atoms with Crippen LogP contribution in [-0.4, -0.2) is 44.9 Å². The average molecular weight is 435 g/mol. The number of hydrogen-bond acceptors (Lipinski definition) is 4. The van der Waals surface area contributed by atoms with Crippen molar-refractivity contribution in [2.24, 2.45) is 0 Å². The van der Waals surface area contributed by atoms with E-state index >= 15 is 0 Å². The molecule has 168 valence electrons. The molecule has 0 unspecified atom stereocenters. The van der Waals surface area contributed by atoms with Crippen molar-refractivity contribution < 1.29 is 9.53 Å². The smallest absolute Gasteiger partial charge is 0.346 e. The van der Waals surface area contributed by atoms with Crippen LogP contribution < -0.4 is 10.4 Å². The molecule has 0 saturated carbocycles. The van der Waals surface area contributed by atoms with Gasteiger partial charge in [-0.25, -0.2) is 9.48 Å². The van der Waals surface area contributed by atoms with E-state index in [1.54, 1.807) is 9.25 Å². The number of nitrogens with zero attached hydrogens (tertiary/aromatic N) is 4. The minimum absolute atomic E-state index is 0.00786. The summed E-state index contributed by atoms with van der Waals surface area (Å²) in [6.07, 6.45) is 1.58. The molecule has 0 aliphatic carbocycles. The van der Waals surface area contributed by atoms with Gasteiger partial charge >= 0.3 is 5.69 Å². The molecule has 0 atom stereocenters. The number of aromatic nitrogens is 3. The summed E-state index contributed by atoms with van der Waals surface area (Å²) in [6, 6.07) is 17.6. The summed E-state index contributed by atoms with van der Waals surface area (Å²) < 4.78 is 8.97. The Bertz CT molecular complexity index is 1090. The fraction of sp³-hybridized carbons (Fsp3) is 0.400. The first-order chi connectivity index (χ1) is 15.5. The SMILES string of the molecule is CCn1c(C2CCN(C(=O)COc3ccc(C)cc3)CC2)nn(Cc2ccccc2)c1=O. The van der Waals surface area contributed by atoms with E-state index in [-0.39, 0.29) is 24.1 Å². The van der Waals surface area contributed by atoms with E-state index < -0.39 is 0 Å². The number of aryl methyl sites for hydroxylation is 1. The number of carbonyl (C=O) groups is 1. The van der Waals surface area contributed by atoms with Gasteiger partial charge in [0.25, 0.3) is 5.91 Å². The zero-order valence-corrected chi connectivity index (χ0v) is 18.7. The number of ether oxygens (including phenoxy) is 1. The van der Waals surface area contributed by atoms with Gasteiger partial charge in [0.1, 0.15) is 11.6 Å². The molecule has 1 fully saturated rings. The molecule has 1 amide bonds. The van der Waals surface area contributed by atoms with Crippen LogP contribution in [0, 0.1) is 6.92 Å². The number of hydrogen-bond donors (Lipinski definition) is 0. The lowest BCUT2D eigenvalue weighted by Gasteiger charge is -2.31. The molecular formula is C25H30N4O3. The van der Waals surface area contributed by atoms with Crippen LogP contribution in [0.3, 0.4) is 0 Å². The Balaban J connectivity index is 1.37. The zero-order valence-electron chi connectivity index (χ0n) is 18.7. The van der Waals surface area contributed by atoms with Crippen LogP contribution in [0.5, 0.6) is 5.75 Å². The summed E-state index contributed by atoms with van der Waals surface area (Å²) in [4.78, 5) is 27.3. The zero-order chi connectivity index (χ0) is 22.5. The second kappa shape index (κ2) is 9.85. The molecule has 1 aliphatic heterocycles. The minimum atomic E-state index is -0.0728. The number of carbonyl (C=O) groups excluding carboxylic acids is 1. The van der Waals surface area contributed by atoms with Crippen LogP contribution in [0.25, 0.3) is 0 Å². The molecule has 3 aromatic rings. The van der Waals surface area contributed by atoms with Gasteiger partial charge in [-0.05, 0) is 44.4 Å². The third-order valence-corrected chi connectivity index (χ3v) is 6.04. The Hall–Kier alpha value is -3.35. The maximum atomic E-state index is 12.9. The summed E-state index contributed by atoms with van der Waals surface area (Å²) in [5.74, 6) is 1.69. The monoisotopic (exact) mass is 434 g/mol. The number of amides is 1. The number of likely N-dealkylation sites (tertiary alicyclic amines) is 1. The highest BCUT2D eigenvalue weighted by Crippen LogP contribution is 2.26.